The third-order valence-corrected chi connectivity index (χ3v) is 4.36. The summed E-state index contributed by atoms with van der Waals surface area (Å²) in [5, 5.41) is 0. The third-order valence-electron chi connectivity index (χ3n) is 2.68. The summed E-state index contributed by atoms with van der Waals surface area (Å²) in [5.41, 5.74) is 0.399. The predicted molar refractivity (Wildman–Crippen MR) is 60.7 cm³/mol. The smallest absolute Gasteiger partial charge is 0.241 e. The topological polar surface area (TPSA) is 55.4 Å². The van der Waals surface area contributed by atoms with Gasteiger partial charge in [0.25, 0.3) is 0 Å². The molecule has 0 saturated carbocycles. The molecule has 1 aromatic carbocycles. The van der Waals surface area contributed by atoms with Crippen molar-refractivity contribution >= 4 is 10.0 Å². The first kappa shape index (κ1) is 12.5. The zero-order valence-corrected chi connectivity index (χ0v) is 10.3. The summed E-state index contributed by atoms with van der Waals surface area (Å²) in [6, 6.07) is 3.44. The molecule has 2 rings (SSSR count). The minimum absolute atomic E-state index is 0.116. The molecule has 1 aliphatic heterocycles. The monoisotopic (exact) mass is 259 g/mol. The zero-order valence-electron chi connectivity index (χ0n) is 9.44. The van der Waals surface area contributed by atoms with Gasteiger partial charge in [-0.3, -0.25) is 0 Å². The van der Waals surface area contributed by atoms with E-state index in [9.17, 15) is 12.8 Å². The number of benzene rings is 1. The van der Waals surface area contributed by atoms with Gasteiger partial charge in [0, 0.05) is 12.6 Å². The van der Waals surface area contributed by atoms with Crippen LogP contribution in [-0.2, 0) is 14.8 Å². The second-order valence-corrected chi connectivity index (χ2v) is 5.77. The van der Waals surface area contributed by atoms with Crippen molar-refractivity contribution in [3.63, 3.8) is 0 Å². The summed E-state index contributed by atoms with van der Waals surface area (Å²) in [5.74, 6) is -0.439. The van der Waals surface area contributed by atoms with E-state index in [1.54, 1.807) is 6.92 Å². The Hall–Kier alpha value is -0.980. The lowest BCUT2D eigenvalue weighted by Gasteiger charge is -2.13. The summed E-state index contributed by atoms with van der Waals surface area (Å²) >= 11 is 0. The van der Waals surface area contributed by atoms with Crippen LogP contribution in [0, 0.1) is 12.7 Å². The van der Waals surface area contributed by atoms with Crippen LogP contribution in [0.2, 0.25) is 0 Å². The molecule has 0 amide bonds. The number of hydrogen-bond acceptors (Lipinski definition) is 3. The Kier molecular flexibility index (Phi) is 3.46. The van der Waals surface area contributed by atoms with E-state index < -0.39 is 15.8 Å². The summed E-state index contributed by atoms with van der Waals surface area (Å²) < 4.78 is 44.6. The molecule has 17 heavy (non-hydrogen) atoms. The fourth-order valence-corrected chi connectivity index (χ4v) is 3.31. The van der Waals surface area contributed by atoms with Crippen LogP contribution in [0.15, 0.2) is 23.1 Å². The van der Waals surface area contributed by atoms with Crippen molar-refractivity contribution in [2.45, 2.75) is 24.3 Å². The normalized spacial score (nSPS) is 20.7. The van der Waals surface area contributed by atoms with Gasteiger partial charge in [-0.05, 0) is 37.1 Å². The lowest BCUT2D eigenvalue weighted by atomic mass is 10.2. The molecule has 6 heteroatoms. The van der Waals surface area contributed by atoms with Crippen molar-refractivity contribution < 1.29 is 17.5 Å². The van der Waals surface area contributed by atoms with E-state index in [0.717, 1.165) is 6.07 Å². The molecule has 1 fully saturated rings. The number of ether oxygens (including phenoxy) is 1. The Labute approximate surface area is 99.8 Å². The fourth-order valence-electron chi connectivity index (χ4n) is 1.82. The van der Waals surface area contributed by atoms with Gasteiger partial charge >= 0.3 is 0 Å². The summed E-state index contributed by atoms with van der Waals surface area (Å²) in [7, 11) is -3.59. The van der Waals surface area contributed by atoms with Crippen LogP contribution in [0.25, 0.3) is 0 Å². The molecule has 0 radical (unpaired) electrons. The van der Waals surface area contributed by atoms with Crippen LogP contribution in [0.3, 0.4) is 0 Å². The van der Waals surface area contributed by atoms with E-state index >= 15 is 0 Å². The standard InChI is InChI=1S/C11H14FNO3S/c1-8-6-9(12)2-3-11(8)17(14,15)13-10-4-5-16-7-10/h2-3,6,10,13H,4-5,7H2,1H3. The van der Waals surface area contributed by atoms with Crippen LogP contribution in [0.5, 0.6) is 0 Å². The van der Waals surface area contributed by atoms with Gasteiger partial charge < -0.3 is 4.74 Å². The van der Waals surface area contributed by atoms with Gasteiger partial charge in [-0.25, -0.2) is 17.5 Å². The average Bonchev–Trinajstić information content (AvgIpc) is 2.68. The van der Waals surface area contributed by atoms with Crippen LogP contribution < -0.4 is 4.72 Å². The molecule has 1 aromatic rings. The Morgan fingerprint density at radius 2 is 2.24 bits per heavy atom. The maximum absolute atomic E-state index is 12.9. The number of sulfonamides is 1. The highest BCUT2D eigenvalue weighted by molar-refractivity contribution is 7.89. The van der Waals surface area contributed by atoms with Gasteiger partial charge in [0.1, 0.15) is 5.82 Å². The van der Waals surface area contributed by atoms with Crippen molar-refractivity contribution in [3.05, 3.63) is 29.6 Å². The quantitative estimate of drug-likeness (QED) is 0.887. The van der Waals surface area contributed by atoms with Crippen molar-refractivity contribution in [2.75, 3.05) is 13.2 Å². The van der Waals surface area contributed by atoms with Gasteiger partial charge in [0.2, 0.25) is 10.0 Å². The molecule has 0 bridgehead atoms. The highest BCUT2D eigenvalue weighted by Crippen LogP contribution is 2.17. The van der Waals surface area contributed by atoms with E-state index in [1.165, 1.54) is 12.1 Å². The number of rotatable bonds is 3. The van der Waals surface area contributed by atoms with E-state index in [4.69, 9.17) is 4.74 Å². The van der Waals surface area contributed by atoms with E-state index in [-0.39, 0.29) is 10.9 Å². The average molecular weight is 259 g/mol. The van der Waals surface area contributed by atoms with Crippen LogP contribution >= 0.6 is 0 Å². The van der Waals surface area contributed by atoms with E-state index in [0.29, 0.717) is 25.2 Å². The number of halogens is 1. The molecule has 4 nitrogen and oxygen atoms in total. The molecule has 1 unspecified atom stereocenters. The SMILES string of the molecule is Cc1cc(F)ccc1S(=O)(=O)NC1CCOC1. The summed E-state index contributed by atoms with van der Waals surface area (Å²) in [6.07, 6.45) is 0.666. The lowest BCUT2D eigenvalue weighted by molar-refractivity contribution is 0.192. The Morgan fingerprint density at radius 1 is 1.47 bits per heavy atom. The van der Waals surface area contributed by atoms with Crippen LogP contribution in [-0.4, -0.2) is 27.7 Å². The second-order valence-electron chi connectivity index (χ2n) is 4.09. The van der Waals surface area contributed by atoms with Gasteiger partial charge in [0.15, 0.2) is 0 Å². The van der Waals surface area contributed by atoms with E-state index in [1.807, 2.05) is 0 Å². The van der Waals surface area contributed by atoms with Crippen molar-refractivity contribution in [1.29, 1.82) is 0 Å². The predicted octanol–water partition coefficient (Wildman–Crippen LogP) is 1.20. The number of nitrogens with one attached hydrogen (secondary N) is 1. The molecule has 0 aromatic heterocycles. The van der Waals surface area contributed by atoms with Gasteiger partial charge in [-0.2, -0.15) is 0 Å². The van der Waals surface area contributed by atoms with Crippen molar-refractivity contribution in [3.8, 4) is 0 Å². The lowest BCUT2D eigenvalue weighted by Crippen LogP contribution is -2.35. The Balaban J connectivity index is 2.24. The van der Waals surface area contributed by atoms with Crippen molar-refractivity contribution in [1.82, 2.24) is 4.72 Å². The molecular formula is C11H14FNO3S. The Morgan fingerprint density at radius 3 is 2.82 bits per heavy atom. The Bertz CT molecular complexity index is 509. The van der Waals surface area contributed by atoms with E-state index in [2.05, 4.69) is 4.72 Å². The highest BCUT2D eigenvalue weighted by Gasteiger charge is 2.24. The van der Waals surface area contributed by atoms with Gasteiger partial charge in [0.05, 0.1) is 11.5 Å². The maximum atomic E-state index is 12.9. The van der Waals surface area contributed by atoms with Crippen LogP contribution in [0.1, 0.15) is 12.0 Å². The molecule has 1 aliphatic rings. The maximum Gasteiger partial charge on any atom is 0.241 e. The fraction of sp³-hybridized carbons (Fsp3) is 0.455. The summed E-state index contributed by atoms with van der Waals surface area (Å²) in [4.78, 5) is 0.116. The summed E-state index contributed by atoms with van der Waals surface area (Å²) in [6.45, 7) is 2.53. The molecule has 0 aliphatic carbocycles. The molecule has 0 spiro atoms. The zero-order chi connectivity index (χ0) is 12.5. The molecular weight excluding hydrogens is 245 g/mol. The molecule has 1 heterocycles. The molecule has 1 saturated heterocycles. The van der Waals surface area contributed by atoms with Crippen LogP contribution in [0.4, 0.5) is 4.39 Å². The first-order chi connectivity index (χ1) is 7.99. The van der Waals surface area contributed by atoms with Gasteiger partial charge in [-0.1, -0.05) is 0 Å². The third kappa shape index (κ3) is 2.83. The number of aryl methyl sites for hydroxylation is 1. The van der Waals surface area contributed by atoms with Gasteiger partial charge in [-0.15, -0.1) is 0 Å². The minimum Gasteiger partial charge on any atom is -0.380 e. The van der Waals surface area contributed by atoms with Crippen molar-refractivity contribution in [2.24, 2.45) is 0 Å². The number of hydrogen-bond donors (Lipinski definition) is 1. The molecule has 1 atom stereocenters. The first-order valence-corrected chi connectivity index (χ1v) is 6.83. The molecule has 1 N–H and O–H groups in total. The molecule has 94 valence electrons. The highest BCUT2D eigenvalue weighted by atomic mass is 32.2. The minimum atomic E-state index is -3.59. The second kappa shape index (κ2) is 4.72. The first-order valence-electron chi connectivity index (χ1n) is 5.35. The largest absolute Gasteiger partial charge is 0.380 e.